The van der Waals surface area contributed by atoms with E-state index in [1.54, 1.807) is 19.2 Å². The molecule has 4 N–H and O–H groups in total. The molecule has 0 spiro atoms. The van der Waals surface area contributed by atoms with Gasteiger partial charge in [0, 0.05) is 31.2 Å². The second-order valence-corrected chi connectivity index (χ2v) is 7.01. The van der Waals surface area contributed by atoms with Crippen LogP contribution in [-0.2, 0) is 6.54 Å². The van der Waals surface area contributed by atoms with E-state index < -0.39 is 5.91 Å². The van der Waals surface area contributed by atoms with E-state index in [9.17, 15) is 4.79 Å². The number of benzene rings is 2. The van der Waals surface area contributed by atoms with E-state index in [4.69, 9.17) is 10.5 Å². The predicted octanol–water partition coefficient (Wildman–Crippen LogP) is 2.13. The molecule has 2 aromatic carbocycles. The Bertz CT molecular complexity index is 868. The van der Waals surface area contributed by atoms with Crippen LogP contribution in [0.3, 0.4) is 0 Å². The van der Waals surface area contributed by atoms with Gasteiger partial charge in [-0.25, -0.2) is 4.99 Å². The molecule has 1 atom stereocenters. The van der Waals surface area contributed by atoms with Crippen LogP contribution in [0.2, 0.25) is 0 Å². The zero-order chi connectivity index (χ0) is 20.6. The molecule has 29 heavy (non-hydrogen) atoms. The van der Waals surface area contributed by atoms with Crippen LogP contribution >= 0.6 is 0 Å². The lowest BCUT2D eigenvalue weighted by atomic mass is 10.1. The van der Waals surface area contributed by atoms with Gasteiger partial charge in [0.15, 0.2) is 5.96 Å². The number of primary amides is 1. The molecule has 1 saturated heterocycles. The van der Waals surface area contributed by atoms with Crippen LogP contribution in [0.25, 0.3) is 0 Å². The maximum absolute atomic E-state index is 11.4. The van der Waals surface area contributed by atoms with E-state index in [0.717, 1.165) is 49.0 Å². The van der Waals surface area contributed by atoms with Gasteiger partial charge in [0.1, 0.15) is 5.75 Å². The minimum atomic E-state index is -0.428. The summed E-state index contributed by atoms with van der Waals surface area (Å²) in [6.07, 6.45) is 1.01. The number of nitrogens with one attached hydrogen (secondary N) is 2. The zero-order valence-corrected chi connectivity index (χ0v) is 17.0. The number of carbonyl (C=O) groups is 1. The molecular weight excluding hydrogens is 366 g/mol. The minimum Gasteiger partial charge on any atom is -0.495 e. The van der Waals surface area contributed by atoms with Crippen LogP contribution < -0.4 is 26.0 Å². The average Bonchev–Trinajstić information content (AvgIpc) is 3.20. The summed E-state index contributed by atoms with van der Waals surface area (Å²) in [6, 6.07) is 15.6. The highest BCUT2D eigenvalue weighted by atomic mass is 16.5. The highest BCUT2D eigenvalue weighted by molar-refractivity contribution is 5.92. The van der Waals surface area contributed by atoms with Gasteiger partial charge in [-0.3, -0.25) is 4.79 Å². The van der Waals surface area contributed by atoms with Crippen LogP contribution in [-0.4, -0.2) is 44.7 Å². The number of aliphatic imine (C=N–C) groups is 1. The van der Waals surface area contributed by atoms with Gasteiger partial charge in [0.25, 0.3) is 0 Å². The number of nitrogens with zero attached hydrogens (tertiary/aromatic N) is 2. The SMILES string of the molecule is CCNC(=NCc1cccc(C(N)=O)c1)NC1CCN(c2ccccc2OC)C1. The summed E-state index contributed by atoms with van der Waals surface area (Å²) in [4.78, 5) is 18.4. The second-order valence-electron chi connectivity index (χ2n) is 7.01. The first kappa shape index (κ1) is 20.5. The lowest BCUT2D eigenvalue weighted by Gasteiger charge is -2.22. The molecule has 0 saturated carbocycles. The second kappa shape index (κ2) is 9.82. The minimum absolute atomic E-state index is 0.287. The molecule has 1 heterocycles. The van der Waals surface area contributed by atoms with Crippen molar-refractivity contribution >= 4 is 17.6 Å². The maximum Gasteiger partial charge on any atom is 0.248 e. The summed E-state index contributed by atoms with van der Waals surface area (Å²) in [7, 11) is 1.70. The number of hydrogen-bond acceptors (Lipinski definition) is 4. The molecular formula is C22H29N5O2. The van der Waals surface area contributed by atoms with Crippen molar-refractivity contribution < 1.29 is 9.53 Å². The van der Waals surface area contributed by atoms with E-state index in [1.807, 2.05) is 37.3 Å². The number of guanidine groups is 1. The van der Waals surface area contributed by atoms with Crippen molar-refractivity contribution in [2.24, 2.45) is 10.7 Å². The van der Waals surface area contributed by atoms with Crippen LogP contribution in [0.5, 0.6) is 5.75 Å². The highest BCUT2D eigenvalue weighted by Crippen LogP contribution is 2.30. The van der Waals surface area contributed by atoms with Crippen molar-refractivity contribution in [3.63, 3.8) is 0 Å². The average molecular weight is 396 g/mol. The van der Waals surface area contributed by atoms with Gasteiger partial charge in [-0.2, -0.15) is 0 Å². The topological polar surface area (TPSA) is 92.0 Å². The molecule has 7 heteroatoms. The zero-order valence-electron chi connectivity index (χ0n) is 17.0. The van der Waals surface area contributed by atoms with Gasteiger partial charge in [0.2, 0.25) is 5.91 Å². The number of ether oxygens (including phenoxy) is 1. The van der Waals surface area contributed by atoms with E-state index in [-0.39, 0.29) is 6.04 Å². The first-order valence-electron chi connectivity index (χ1n) is 9.92. The van der Waals surface area contributed by atoms with Gasteiger partial charge in [-0.1, -0.05) is 24.3 Å². The molecule has 1 unspecified atom stereocenters. The largest absolute Gasteiger partial charge is 0.495 e. The molecule has 0 aromatic heterocycles. The molecule has 154 valence electrons. The van der Waals surface area contributed by atoms with Crippen molar-refractivity contribution in [2.75, 3.05) is 31.6 Å². The van der Waals surface area contributed by atoms with Crippen molar-refractivity contribution in [1.82, 2.24) is 10.6 Å². The number of methoxy groups -OCH3 is 1. The Balaban J connectivity index is 1.64. The number of anilines is 1. The molecule has 1 aliphatic heterocycles. The molecule has 0 bridgehead atoms. The molecule has 3 rings (SSSR count). The smallest absolute Gasteiger partial charge is 0.248 e. The van der Waals surface area contributed by atoms with Crippen molar-refractivity contribution in [3.8, 4) is 5.75 Å². The maximum atomic E-state index is 11.4. The normalized spacial score (nSPS) is 16.6. The first-order valence-corrected chi connectivity index (χ1v) is 9.92. The van der Waals surface area contributed by atoms with Crippen molar-refractivity contribution in [3.05, 3.63) is 59.7 Å². The highest BCUT2D eigenvalue weighted by Gasteiger charge is 2.25. The Morgan fingerprint density at radius 3 is 2.86 bits per heavy atom. The molecule has 2 aromatic rings. The van der Waals surface area contributed by atoms with Crippen LogP contribution in [0.15, 0.2) is 53.5 Å². The summed E-state index contributed by atoms with van der Waals surface area (Å²) in [5, 5.41) is 6.82. The molecule has 1 aliphatic rings. The summed E-state index contributed by atoms with van der Waals surface area (Å²) in [6.45, 7) is 5.12. The lowest BCUT2D eigenvalue weighted by Crippen LogP contribution is -2.44. The third kappa shape index (κ3) is 5.40. The first-order chi connectivity index (χ1) is 14.1. The van der Waals surface area contributed by atoms with E-state index in [0.29, 0.717) is 12.1 Å². The fourth-order valence-corrected chi connectivity index (χ4v) is 3.49. The summed E-state index contributed by atoms with van der Waals surface area (Å²) in [5.41, 5.74) is 7.92. The number of amides is 1. The van der Waals surface area contributed by atoms with Crippen molar-refractivity contribution in [1.29, 1.82) is 0 Å². The number of carbonyl (C=O) groups excluding carboxylic acids is 1. The fraction of sp³-hybridized carbons (Fsp3) is 0.364. The Labute approximate surface area is 172 Å². The molecule has 0 aliphatic carbocycles. The van der Waals surface area contributed by atoms with E-state index in [2.05, 4.69) is 26.6 Å². The van der Waals surface area contributed by atoms with Gasteiger partial charge >= 0.3 is 0 Å². The van der Waals surface area contributed by atoms with Crippen LogP contribution in [0, 0.1) is 0 Å². The van der Waals surface area contributed by atoms with Gasteiger partial charge in [-0.15, -0.1) is 0 Å². The number of hydrogen-bond donors (Lipinski definition) is 3. The summed E-state index contributed by atoms with van der Waals surface area (Å²) in [5.74, 6) is 1.23. The third-order valence-corrected chi connectivity index (χ3v) is 4.93. The Morgan fingerprint density at radius 1 is 1.28 bits per heavy atom. The predicted molar refractivity (Wildman–Crippen MR) is 117 cm³/mol. The summed E-state index contributed by atoms with van der Waals surface area (Å²) < 4.78 is 5.50. The fourth-order valence-electron chi connectivity index (χ4n) is 3.49. The quantitative estimate of drug-likeness (QED) is 0.493. The molecule has 0 radical (unpaired) electrons. The standard InChI is InChI=1S/C22H29N5O2/c1-3-24-22(25-14-16-7-6-8-17(13-16)21(23)28)26-18-11-12-27(15-18)19-9-4-5-10-20(19)29-2/h4-10,13,18H,3,11-12,14-15H2,1-2H3,(H2,23,28)(H2,24,25,26). The lowest BCUT2D eigenvalue weighted by molar-refractivity contribution is 0.1000. The van der Waals surface area contributed by atoms with Gasteiger partial charge < -0.3 is 26.0 Å². The summed E-state index contributed by atoms with van der Waals surface area (Å²) >= 11 is 0. The van der Waals surface area contributed by atoms with Gasteiger partial charge in [-0.05, 0) is 43.2 Å². The van der Waals surface area contributed by atoms with Gasteiger partial charge in [0.05, 0.1) is 19.3 Å². The number of rotatable bonds is 7. The monoisotopic (exact) mass is 395 g/mol. The third-order valence-electron chi connectivity index (χ3n) is 4.93. The van der Waals surface area contributed by atoms with E-state index in [1.165, 1.54) is 0 Å². The molecule has 7 nitrogen and oxygen atoms in total. The number of nitrogens with two attached hydrogens (primary N) is 1. The van der Waals surface area contributed by atoms with Crippen molar-refractivity contribution in [2.45, 2.75) is 25.9 Å². The Morgan fingerprint density at radius 2 is 2.10 bits per heavy atom. The molecule has 1 fully saturated rings. The Hall–Kier alpha value is -3.22. The van der Waals surface area contributed by atoms with Crippen LogP contribution in [0.4, 0.5) is 5.69 Å². The Kier molecular flexibility index (Phi) is 6.94. The molecule has 1 amide bonds. The van der Waals surface area contributed by atoms with E-state index >= 15 is 0 Å². The van der Waals surface area contributed by atoms with Crippen LogP contribution in [0.1, 0.15) is 29.3 Å². The number of para-hydroxylation sites is 2.